The number of hydrogen-bond acceptors (Lipinski definition) is 3. The van der Waals surface area contributed by atoms with E-state index in [-0.39, 0.29) is 12.1 Å². The van der Waals surface area contributed by atoms with Crippen LogP contribution in [0.1, 0.15) is 28.9 Å². The summed E-state index contributed by atoms with van der Waals surface area (Å²) in [6.07, 6.45) is 9.67. The molecular weight excluding hydrogens is 330 g/mol. The molecule has 0 radical (unpaired) electrons. The lowest BCUT2D eigenvalue weighted by Crippen LogP contribution is -2.29. The van der Waals surface area contributed by atoms with Crippen LogP contribution < -0.4 is 5.32 Å². The molecule has 4 heterocycles. The van der Waals surface area contributed by atoms with Gasteiger partial charge in [0.15, 0.2) is 5.11 Å². The molecule has 1 aliphatic heterocycles. The lowest BCUT2D eigenvalue weighted by Gasteiger charge is -2.27. The highest BCUT2D eigenvalue weighted by Gasteiger charge is 2.39. The first-order chi connectivity index (χ1) is 12.2. The number of rotatable bonds is 4. The molecule has 3 aromatic rings. The molecule has 0 unspecified atom stereocenters. The van der Waals surface area contributed by atoms with Gasteiger partial charge in [0.1, 0.15) is 0 Å². The molecule has 2 atom stereocenters. The molecule has 6 heteroatoms. The van der Waals surface area contributed by atoms with Crippen LogP contribution >= 0.6 is 12.2 Å². The Kier molecular flexibility index (Phi) is 4.19. The van der Waals surface area contributed by atoms with Crippen LogP contribution in [0.3, 0.4) is 0 Å². The van der Waals surface area contributed by atoms with Crippen LogP contribution in [0.5, 0.6) is 0 Å². The Morgan fingerprint density at radius 3 is 2.64 bits per heavy atom. The second-order valence-corrected chi connectivity index (χ2v) is 6.61. The summed E-state index contributed by atoms with van der Waals surface area (Å²) in [6.45, 7) is 0.733. The average Bonchev–Trinajstić information content (AvgIpc) is 3.20. The topological polar surface area (TPSA) is 46.0 Å². The quantitative estimate of drug-likeness (QED) is 0.734. The van der Waals surface area contributed by atoms with E-state index in [2.05, 4.69) is 43.2 Å². The predicted octanol–water partition coefficient (Wildman–Crippen LogP) is 2.99. The number of thiocarbonyl (C=S) groups is 1. The van der Waals surface area contributed by atoms with E-state index in [9.17, 15) is 0 Å². The van der Waals surface area contributed by atoms with E-state index in [4.69, 9.17) is 12.2 Å². The zero-order chi connectivity index (χ0) is 17.2. The molecule has 0 saturated carbocycles. The summed E-state index contributed by atoms with van der Waals surface area (Å²) >= 11 is 5.67. The van der Waals surface area contributed by atoms with Gasteiger partial charge in [-0.05, 0) is 53.7 Å². The molecule has 0 amide bonds. The molecule has 1 fully saturated rings. The largest absolute Gasteiger partial charge is 0.357 e. The third-order valence-corrected chi connectivity index (χ3v) is 4.85. The summed E-state index contributed by atoms with van der Waals surface area (Å²) in [5.74, 6) is 0. The standard InChI is InChI=1S/C19H19N5S/c1-23-11-7-15(13-23)18-17(16-4-2-3-8-21-16)22-19(25)24(18)12-14-5-9-20-10-6-14/h2-11,13,17-18H,12H2,1H3,(H,22,25)/t17-,18+/m0/s1. The van der Waals surface area contributed by atoms with Gasteiger partial charge in [-0.2, -0.15) is 0 Å². The van der Waals surface area contributed by atoms with E-state index in [1.807, 2.05) is 56.0 Å². The Morgan fingerprint density at radius 1 is 1.12 bits per heavy atom. The Labute approximate surface area is 152 Å². The molecular formula is C19H19N5S. The van der Waals surface area contributed by atoms with E-state index in [1.54, 1.807) is 0 Å². The van der Waals surface area contributed by atoms with Gasteiger partial charge < -0.3 is 14.8 Å². The van der Waals surface area contributed by atoms with Gasteiger partial charge in [0.25, 0.3) is 0 Å². The lowest BCUT2D eigenvalue weighted by molar-refractivity contribution is 0.311. The number of pyridine rings is 2. The number of aryl methyl sites for hydroxylation is 1. The van der Waals surface area contributed by atoms with Crippen LogP contribution in [-0.2, 0) is 13.6 Å². The summed E-state index contributed by atoms with van der Waals surface area (Å²) in [7, 11) is 2.03. The molecule has 1 N–H and O–H groups in total. The highest BCUT2D eigenvalue weighted by atomic mass is 32.1. The molecule has 5 nitrogen and oxygen atoms in total. The Bertz CT molecular complexity index is 862. The first-order valence-electron chi connectivity index (χ1n) is 8.21. The second kappa shape index (κ2) is 6.64. The van der Waals surface area contributed by atoms with Crippen molar-refractivity contribution in [2.75, 3.05) is 0 Å². The van der Waals surface area contributed by atoms with Crippen LogP contribution in [-0.4, -0.2) is 24.5 Å². The van der Waals surface area contributed by atoms with E-state index in [0.29, 0.717) is 0 Å². The third-order valence-electron chi connectivity index (χ3n) is 4.50. The number of aromatic nitrogens is 3. The minimum atomic E-state index is 0.0259. The molecule has 0 aromatic carbocycles. The van der Waals surface area contributed by atoms with Gasteiger partial charge in [-0.25, -0.2) is 0 Å². The fraction of sp³-hybridized carbons (Fsp3) is 0.211. The monoisotopic (exact) mass is 349 g/mol. The molecule has 4 rings (SSSR count). The summed E-state index contributed by atoms with van der Waals surface area (Å²) < 4.78 is 2.07. The maximum absolute atomic E-state index is 5.67. The van der Waals surface area contributed by atoms with Crippen LogP contribution in [0.25, 0.3) is 0 Å². The highest BCUT2D eigenvalue weighted by Crippen LogP contribution is 2.39. The molecule has 0 bridgehead atoms. The maximum atomic E-state index is 5.67. The smallest absolute Gasteiger partial charge is 0.170 e. The summed E-state index contributed by atoms with van der Waals surface area (Å²) in [5, 5.41) is 4.22. The first-order valence-corrected chi connectivity index (χ1v) is 8.62. The summed E-state index contributed by atoms with van der Waals surface area (Å²) in [4.78, 5) is 10.9. The Morgan fingerprint density at radius 2 is 1.96 bits per heavy atom. The number of nitrogens with zero attached hydrogens (tertiary/aromatic N) is 4. The molecule has 126 valence electrons. The lowest BCUT2D eigenvalue weighted by atomic mass is 9.99. The molecule has 3 aromatic heterocycles. The molecule has 1 saturated heterocycles. The highest BCUT2D eigenvalue weighted by molar-refractivity contribution is 7.80. The Hall–Kier alpha value is -2.73. The van der Waals surface area contributed by atoms with Crippen molar-refractivity contribution in [2.24, 2.45) is 7.05 Å². The average molecular weight is 349 g/mol. The fourth-order valence-electron chi connectivity index (χ4n) is 3.32. The minimum absolute atomic E-state index is 0.0259. The van der Waals surface area contributed by atoms with Crippen molar-refractivity contribution in [1.29, 1.82) is 0 Å². The van der Waals surface area contributed by atoms with Gasteiger partial charge >= 0.3 is 0 Å². The van der Waals surface area contributed by atoms with Gasteiger partial charge in [0.05, 0.1) is 17.8 Å². The van der Waals surface area contributed by atoms with Gasteiger partial charge in [-0.15, -0.1) is 0 Å². The van der Waals surface area contributed by atoms with Gasteiger partial charge in [-0.1, -0.05) is 6.07 Å². The molecule has 1 aliphatic rings. The zero-order valence-corrected chi connectivity index (χ0v) is 14.7. The molecule has 0 spiro atoms. The second-order valence-electron chi connectivity index (χ2n) is 6.22. The van der Waals surface area contributed by atoms with Crippen LogP contribution in [0.15, 0.2) is 67.4 Å². The van der Waals surface area contributed by atoms with Crippen LogP contribution in [0, 0.1) is 0 Å². The molecule has 0 aliphatic carbocycles. The van der Waals surface area contributed by atoms with E-state index < -0.39 is 0 Å². The first kappa shape index (κ1) is 15.8. The zero-order valence-electron chi connectivity index (χ0n) is 13.9. The minimum Gasteiger partial charge on any atom is -0.357 e. The van der Waals surface area contributed by atoms with Crippen molar-refractivity contribution >= 4 is 17.3 Å². The Balaban J connectivity index is 1.72. The van der Waals surface area contributed by atoms with Crippen LogP contribution in [0.4, 0.5) is 0 Å². The SMILES string of the molecule is Cn1ccc([C@@H]2[C@H](c3ccccn3)NC(=S)N2Cc2ccncc2)c1. The fourth-order valence-corrected chi connectivity index (χ4v) is 3.63. The predicted molar refractivity (Wildman–Crippen MR) is 101 cm³/mol. The van der Waals surface area contributed by atoms with E-state index in [0.717, 1.165) is 17.4 Å². The summed E-state index contributed by atoms with van der Waals surface area (Å²) in [5.41, 5.74) is 3.40. The van der Waals surface area contributed by atoms with Crippen molar-refractivity contribution in [1.82, 2.24) is 24.8 Å². The maximum Gasteiger partial charge on any atom is 0.170 e. The number of hydrogen-bond donors (Lipinski definition) is 1. The number of nitrogens with one attached hydrogen (secondary N) is 1. The van der Waals surface area contributed by atoms with Crippen LogP contribution in [0.2, 0.25) is 0 Å². The normalized spacial score (nSPS) is 19.9. The van der Waals surface area contributed by atoms with Gasteiger partial charge in [0, 0.05) is 44.6 Å². The van der Waals surface area contributed by atoms with Crippen molar-refractivity contribution in [3.05, 3.63) is 84.2 Å². The van der Waals surface area contributed by atoms with Crippen molar-refractivity contribution in [3.8, 4) is 0 Å². The van der Waals surface area contributed by atoms with E-state index in [1.165, 1.54) is 11.1 Å². The summed E-state index contributed by atoms with van der Waals surface area (Å²) in [6, 6.07) is 12.3. The van der Waals surface area contributed by atoms with Crippen molar-refractivity contribution in [3.63, 3.8) is 0 Å². The van der Waals surface area contributed by atoms with E-state index >= 15 is 0 Å². The van der Waals surface area contributed by atoms with Crippen molar-refractivity contribution < 1.29 is 0 Å². The molecule has 25 heavy (non-hydrogen) atoms. The van der Waals surface area contributed by atoms with Crippen molar-refractivity contribution in [2.45, 2.75) is 18.6 Å². The third kappa shape index (κ3) is 3.13. The van der Waals surface area contributed by atoms with Gasteiger partial charge in [-0.3, -0.25) is 9.97 Å². The van der Waals surface area contributed by atoms with Gasteiger partial charge in [0.2, 0.25) is 0 Å².